The highest BCUT2D eigenvalue weighted by atomic mass is 16.5. The number of aromatic nitrogens is 2. The Balaban J connectivity index is 2.61. The average Bonchev–Trinajstić information content (AvgIpc) is 2.33. The number of nitrogens with two attached hydrogens (primary N) is 1. The minimum atomic E-state index is 0.224. The molecule has 0 radical (unpaired) electrons. The Hall–Kier alpha value is -2.10. The summed E-state index contributed by atoms with van der Waals surface area (Å²) in [7, 11) is 1.57. The summed E-state index contributed by atoms with van der Waals surface area (Å²) >= 11 is 0. The third-order valence-corrected chi connectivity index (χ3v) is 3.05. The molecule has 0 amide bonds. The Morgan fingerprint density at radius 3 is 2.28 bits per heavy atom. The summed E-state index contributed by atoms with van der Waals surface area (Å²) in [5, 5.41) is 0. The van der Waals surface area contributed by atoms with Crippen molar-refractivity contribution < 1.29 is 4.74 Å². The molecule has 0 spiro atoms. The van der Waals surface area contributed by atoms with Crippen molar-refractivity contribution >= 4 is 5.95 Å². The molecule has 1 heterocycles. The smallest absolute Gasteiger partial charge is 0.223 e. The quantitative estimate of drug-likeness (QED) is 0.880. The van der Waals surface area contributed by atoms with Crippen molar-refractivity contribution in [3.05, 3.63) is 34.9 Å². The zero-order valence-electron chi connectivity index (χ0n) is 11.1. The zero-order chi connectivity index (χ0) is 13.3. The zero-order valence-corrected chi connectivity index (χ0v) is 11.1. The van der Waals surface area contributed by atoms with E-state index in [-0.39, 0.29) is 5.95 Å². The van der Waals surface area contributed by atoms with Gasteiger partial charge in [0.15, 0.2) is 0 Å². The third kappa shape index (κ3) is 2.27. The predicted octanol–water partition coefficient (Wildman–Crippen LogP) is 2.66. The van der Waals surface area contributed by atoms with Gasteiger partial charge in [0.25, 0.3) is 0 Å². The molecule has 4 nitrogen and oxygen atoms in total. The van der Waals surface area contributed by atoms with Crippen molar-refractivity contribution in [1.82, 2.24) is 9.97 Å². The van der Waals surface area contributed by atoms with Crippen molar-refractivity contribution in [3.63, 3.8) is 0 Å². The molecule has 0 saturated heterocycles. The first-order valence-corrected chi connectivity index (χ1v) is 5.78. The summed E-state index contributed by atoms with van der Waals surface area (Å²) in [5.41, 5.74) is 11.2. The average molecular weight is 243 g/mol. The second-order valence-corrected chi connectivity index (χ2v) is 4.41. The Bertz CT molecular complexity index is 594. The molecule has 0 aliphatic rings. The van der Waals surface area contributed by atoms with Crippen molar-refractivity contribution in [2.24, 2.45) is 0 Å². The molecular formula is C14H17N3O. The molecule has 0 unspecified atom stereocenters. The van der Waals surface area contributed by atoms with E-state index >= 15 is 0 Å². The maximum absolute atomic E-state index is 5.69. The number of aryl methyl sites for hydroxylation is 3. The summed E-state index contributed by atoms with van der Waals surface area (Å²) in [5.74, 6) is 0.706. The Morgan fingerprint density at radius 2 is 1.61 bits per heavy atom. The molecule has 4 heteroatoms. The van der Waals surface area contributed by atoms with Gasteiger partial charge in [0.2, 0.25) is 11.8 Å². The lowest BCUT2D eigenvalue weighted by molar-refractivity contribution is 0.398. The van der Waals surface area contributed by atoms with E-state index in [1.807, 2.05) is 0 Å². The van der Waals surface area contributed by atoms with Crippen LogP contribution in [0.3, 0.4) is 0 Å². The van der Waals surface area contributed by atoms with Gasteiger partial charge < -0.3 is 10.5 Å². The molecule has 2 rings (SSSR count). The molecular weight excluding hydrogens is 226 g/mol. The van der Waals surface area contributed by atoms with Crippen LogP contribution in [0.15, 0.2) is 18.2 Å². The van der Waals surface area contributed by atoms with Gasteiger partial charge in [-0.1, -0.05) is 6.07 Å². The number of ether oxygens (including phenoxy) is 1. The first kappa shape index (κ1) is 12.4. The molecule has 0 bridgehead atoms. The SMILES string of the molecule is COc1cc(-c2cc(C)c(C)cc2C)nc(N)n1. The largest absolute Gasteiger partial charge is 0.481 e. The van der Waals surface area contributed by atoms with Gasteiger partial charge in [0, 0.05) is 11.6 Å². The fraction of sp³-hybridized carbons (Fsp3) is 0.286. The van der Waals surface area contributed by atoms with Crippen molar-refractivity contribution in [1.29, 1.82) is 0 Å². The normalized spacial score (nSPS) is 10.4. The first-order valence-electron chi connectivity index (χ1n) is 5.78. The summed E-state index contributed by atoms with van der Waals surface area (Å²) < 4.78 is 5.12. The summed E-state index contributed by atoms with van der Waals surface area (Å²) in [6.45, 7) is 6.24. The van der Waals surface area contributed by atoms with Gasteiger partial charge in [0.1, 0.15) is 0 Å². The maximum atomic E-state index is 5.69. The van der Waals surface area contributed by atoms with E-state index < -0.39 is 0 Å². The number of nitrogen functional groups attached to an aromatic ring is 1. The summed E-state index contributed by atoms with van der Waals surface area (Å²) in [4.78, 5) is 8.26. The van der Waals surface area contributed by atoms with E-state index in [0.29, 0.717) is 5.88 Å². The summed E-state index contributed by atoms with van der Waals surface area (Å²) in [6.07, 6.45) is 0. The highest BCUT2D eigenvalue weighted by Gasteiger charge is 2.09. The van der Waals surface area contributed by atoms with E-state index in [1.54, 1.807) is 13.2 Å². The fourth-order valence-electron chi connectivity index (χ4n) is 1.92. The first-order chi connectivity index (χ1) is 8.51. The van der Waals surface area contributed by atoms with Crippen molar-refractivity contribution in [3.8, 4) is 17.1 Å². The van der Waals surface area contributed by atoms with Gasteiger partial charge in [-0.3, -0.25) is 0 Å². The predicted molar refractivity (Wildman–Crippen MR) is 72.6 cm³/mol. The topological polar surface area (TPSA) is 61.0 Å². The lowest BCUT2D eigenvalue weighted by atomic mass is 9.99. The molecule has 94 valence electrons. The molecule has 0 aliphatic carbocycles. The van der Waals surface area contributed by atoms with Crippen LogP contribution < -0.4 is 10.5 Å². The van der Waals surface area contributed by atoms with Crippen LogP contribution in [-0.2, 0) is 0 Å². The van der Waals surface area contributed by atoms with Crippen LogP contribution in [0.2, 0.25) is 0 Å². The van der Waals surface area contributed by atoms with Gasteiger partial charge in [-0.05, 0) is 43.5 Å². The maximum Gasteiger partial charge on any atom is 0.223 e. The van der Waals surface area contributed by atoms with Gasteiger partial charge in [-0.15, -0.1) is 0 Å². The molecule has 2 N–H and O–H groups in total. The lowest BCUT2D eigenvalue weighted by Gasteiger charge is -2.10. The molecule has 0 aliphatic heterocycles. The fourth-order valence-corrected chi connectivity index (χ4v) is 1.92. The van der Waals surface area contributed by atoms with Gasteiger partial charge in [-0.25, -0.2) is 4.98 Å². The van der Waals surface area contributed by atoms with Crippen LogP contribution in [0.5, 0.6) is 5.88 Å². The molecule has 18 heavy (non-hydrogen) atoms. The molecule has 1 aromatic heterocycles. The summed E-state index contributed by atoms with van der Waals surface area (Å²) in [6, 6.07) is 6.06. The van der Waals surface area contributed by atoms with Crippen LogP contribution in [0, 0.1) is 20.8 Å². The van der Waals surface area contributed by atoms with Crippen molar-refractivity contribution in [2.75, 3.05) is 12.8 Å². The number of anilines is 1. The van der Waals surface area contributed by atoms with Crippen LogP contribution in [0.4, 0.5) is 5.95 Å². The highest BCUT2D eigenvalue weighted by Crippen LogP contribution is 2.27. The minimum absolute atomic E-state index is 0.224. The van der Waals surface area contributed by atoms with Crippen LogP contribution in [-0.4, -0.2) is 17.1 Å². The van der Waals surface area contributed by atoms with Crippen LogP contribution in [0.25, 0.3) is 11.3 Å². The van der Waals surface area contributed by atoms with E-state index in [2.05, 4.69) is 42.9 Å². The molecule has 0 saturated carbocycles. The standard InChI is InChI=1S/C14H17N3O/c1-8-5-10(3)11(6-9(8)2)12-7-13(18-4)17-14(15)16-12/h5-7H,1-4H3,(H2,15,16,17). The molecule has 0 atom stereocenters. The molecule has 1 aromatic carbocycles. The molecule has 0 fully saturated rings. The third-order valence-electron chi connectivity index (χ3n) is 3.05. The minimum Gasteiger partial charge on any atom is -0.481 e. The monoisotopic (exact) mass is 243 g/mol. The second-order valence-electron chi connectivity index (χ2n) is 4.41. The highest BCUT2D eigenvalue weighted by molar-refractivity contribution is 5.67. The number of hydrogen-bond acceptors (Lipinski definition) is 4. The van der Waals surface area contributed by atoms with E-state index in [4.69, 9.17) is 10.5 Å². The van der Waals surface area contributed by atoms with E-state index in [1.165, 1.54) is 16.7 Å². The van der Waals surface area contributed by atoms with Crippen LogP contribution in [0.1, 0.15) is 16.7 Å². The van der Waals surface area contributed by atoms with Crippen LogP contribution >= 0.6 is 0 Å². The van der Waals surface area contributed by atoms with E-state index in [9.17, 15) is 0 Å². The van der Waals surface area contributed by atoms with Gasteiger partial charge in [-0.2, -0.15) is 4.98 Å². The lowest BCUT2D eigenvalue weighted by Crippen LogP contribution is -2.00. The number of benzene rings is 1. The number of methoxy groups -OCH3 is 1. The molecule has 2 aromatic rings. The number of nitrogens with zero attached hydrogens (tertiary/aromatic N) is 2. The van der Waals surface area contributed by atoms with Gasteiger partial charge in [0.05, 0.1) is 12.8 Å². The van der Waals surface area contributed by atoms with Crippen molar-refractivity contribution in [2.45, 2.75) is 20.8 Å². The Morgan fingerprint density at radius 1 is 0.944 bits per heavy atom. The Labute approximate surface area is 107 Å². The number of rotatable bonds is 2. The Kier molecular flexibility index (Phi) is 3.19. The van der Waals surface area contributed by atoms with Gasteiger partial charge >= 0.3 is 0 Å². The van der Waals surface area contributed by atoms with E-state index in [0.717, 1.165) is 11.3 Å². The number of hydrogen-bond donors (Lipinski definition) is 1. The second kappa shape index (κ2) is 4.64.